The third-order valence-electron chi connectivity index (χ3n) is 0.760. The highest BCUT2D eigenvalue weighted by Crippen LogP contribution is 1.71. The van der Waals surface area contributed by atoms with Gasteiger partial charge in [-0.25, -0.2) is 0 Å². The molecule has 48 valence electrons. The maximum absolute atomic E-state index is 5.05. The van der Waals surface area contributed by atoms with Crippen LogP contribution in [0.25, 0.3) is 0 Å². The Morgan fingerprint density at radius 3 is 2.38 bits per heavy atom. The van der Waals surface area contributed by atoms with E-state index in [1.165, 1.54) is 0 Å². The van der Waals surface area contributed by atoms with Crippen LogP contribution in [0.5, 0.6) is 0 Å². The summed E-state index contributed by atoms with van der Waals surface area (Å²) < 4.78 is 0. The van der Waals surface area contributed by atoms with Gasteiger partial charge in [0.25, 0.3) is 0 Å². The predicted molar refractivity (Wildman–Crippen MR) is 39.2 cm³/mol. The summed E-state index contributed by atoms with van der Waals surface area (Å²) in [5.74, 6) is 2.55. The molecule has 0 aromatic carbocycles. The van der Waals surface area contributed by atoms with Crippen LogP contribution in [0.3, 0.4) is 0 Å². The van der Waals surface area contributed by atoms with Gasteiger partial charge >= 0.3 is 0 Å². The number of hydrogen-bond acceptors (Lipinski definition) is 1. The molecule has 2 heteroatoms. The molecule has 1 atom stereocenters. The lowest BCUT2D eigenvalue weighted by Crippen LogP contribution is -2.23. The van der Waals surface area contributed by atoms with Crippen LogP contribution < -0.4 is 5.32 Å². The summed E-state index contributed by atoms with van der Waals surface area (Å²) in [6.45, 7) is 4.95. The molecular formula is C6H12ClN. The van der Waals surface area contributed by atoms with E-state index in [4.69, 9.17) is 6.42 Å². The molecule has 1 nitrogen and oxygen atoms in total. The Hall–Kier alpha value is -0.190. The van der Waals surface area contributed by atoms with Gasteiger partial charge in [0, 0.05) is 0 Å². The van der Waals surface area contributed by atoms with Crippen molar-refractivity contribution in [2.45, 2.75) is 19.9 Å². The summed E-state index contributed by atoms with van der Waals surface area (Å²) in [4.78, 5) is 0. The number of nitrogens with one attached hydrogen (secondary N) is 1. The third-order valence-corrected chi connectivity index (χ3v) is 0.760. The van der Waals surface area contributed by atoms with E-state index in [0.29, 0.717) is 0 Å². The Bertz CT molecular complexity index is 75.1. The van der Waals surface area contributed by atoms with Crippen molar-refractivity contribution >= 4 is 12.4 Å². The maximum Gasteiger partial charge on any atom is 0.0658 e. The summed E-state index contributed by atoms with van der Waals surface area (Å²) in [6, 6.07) is 0.227. The first-order valence-electron chi connectivity index (χ1n) is 2.50. The fourth-order valence-corrected chi connectivity index (χ4v) is 0.365. The molecule has 0 rings (SSSR count). The minimum absolute atomic E-state index is 0. The molecule has 0 saturated heterocycles. The van der Waals surface area contributed by atoms with Crippen molar-refractivity contribution in [1.82, 2.24) is 5.32 Å². The van der Waals surface area contributed by atoms with Crippen molar-refractivity contribution in [2.24, 2.45) is 0 Å². The minimum Gasteiger partial charge on any atom is -0.304 e. The van der Waals surface area contributed by atoms with E-state index < -0.39 is 0 Å². The van der Waals surface area contributed by atoms with Crippen LogP contribution in [0.2, 0.25) is 0 Å². The van der Waals surface area contributed by atoms with Crippen LogP contribution in [0.15, 0.2) is 0 Å². The van der Waals surface area contributed by atoms with Gasteiger partial charge in [-0.2, -0.15) is 0 Å². The zero-order chi connectivity index (χ0) is 5.70. The Morgan fingerprint density at radius 1 is 1.75 bits per heavy atom. The second-order valence-electron chi connectivity index (χ2n) is 1.45. The molecular weight excluding hydrogens is 122 g/mol. The maximum atomic E-state index is 5.05. The summed E-state index contributed by atoms with van der Waals surface area (Å²) in [7, 11) is 0. The number of halogens is 1. The fraction of sp³-hybridized carbons (Fsp3) is 0.667. The van der Waals surface area contributed by atoms with Gasteiger partial charge in [0.15, 0.2) is 0 Å². The molecule has 0 saturated carbocycles. The first-order chi connectivity index (χ1) is 3.31. The van der Waals surface area contributed by atoms with Crippen LogP contribution in [0.4, 0.5) is 0 Å². The first kappa shape index (κ1) is 10.7. The summed E-state index contributed by atoms with van der Waals surface area (Å²) in [5, 5.41) is 3.06. The van der Waals surface area contributed by atoms with Crippen molar-refractivity contribution in [2.75, 3.05) is 6.54 Å². The molecule has 0 aliphatic heterocycles. The molecule has 0 heterocycles. The molecule has 0 bridgehead atoms. The largest absolute Gasteiger partial charge is 0.304 e. The van der Waals surface area contributed by atoms with Gasteiger partial charge in [0.2, 0.25) is 0 Å². The van der Waals surface area contributed by atoms with Crippen LogP contribution in [0.1, 0.15) is 13.8 Å². The summed E-state index contributed by atoms with van der Waals surface area (Å²) in [5.41, 5.74) is 0. The van der Waals surface area contributed by atoms with Crippen molar-refractivity contribution in [3.05, 3.63) is 0 Å². The lowest BCUT2D eigenvalue weighted by molar-refractivity contribution is 0.677. The molecule has 0 aromatic heterocycles. The van der Waals surface area contributed by atoms with E-state index >= 15 is 0 Å². The molecule has 0 fully saturated rings. The van der Waals surface area contributed by atoms with E-state index in [1.807, 2.05) is 13.8 Å². The van der Waals surface area contributed by atoms with Gasteiger partial charge in [-0.05, 0) is 13.5 Å². The van der Waals surface area contributed by atoms with Crippen molar-refractivity contribution in [1.29, 1.82) is 0 Å². The lowest BCUT2D eigenvalue weighted by atomic mass is 10.4. The molecule has 0 radical (unpaired) electrons. The van der Waals surface area contributed by atoms with E-state index in [1.54, 1.807) is 0 Å². The fourth-order valence-electron chi connectivity index (χ4n) is 0.365. The normalized spacial score (nSPS) is 11.1. The van der Waals surface area contributed by atoms with Gasteiger partial charge in [-0.3, -0.25) is 0 Å². The average Bonchev–Trinajstić information content (AvgIpc) is 1.68. The molecule has 1 unspecified atom stereocenters. The predicted octanol–water partition coefficient (Wildman–Crippen LogP) is 1.04. The second-order valence-corrected chi connectivity index (χ2v) is 1.45. The van der Waals surface area contributed by atoms with Gasteiger partial charge < -0.3 is 5.32 Å². The number of terminal acetylenes is 1. The van der Waals surface area contributed by atoms with Crippen molar-refractivity contribution < 1.29 is 0 Å². The smallest absolute Gasteiger partial charge is 0.0658 e. The summed E-state index contributed by atoms with van der Waals surface area (Å²) >= 11 is 0. The standard InChI is InChI=1S/C6H11N.ClH/c1-4-6(3)7-5-2;/h1,6-7H,5H2,2-3H3;1H. The van der Waals surface area contributed by atoms with Crippen LogP contribution in [-0.2, 0) is 0 Å². The topological polar surface area (TPSA) is 12.0 Å². The molecule has 0 aliphatic rings. The SMILES string of the molecule is C#CC(C)NCC.Cl. The number of hydrogen-bond donors (Lipinski definition) is 1. The highest BCUT2D eigenvalue weighted by atomic mass is 35.5. The highest BCUT2D eigenvalue weighted by Gasteiger charge is 1.86. The van der Waals surface area contributed by atoms with Crippen molar-refractivity contribution in [3.8, 4) is 12.3 Å². The van der Waals surface area contributed by atoms with E-state index in [-0.39, 0.29) is 18.4 Å². The molecule has 8 heavy (non-hydrogen) atoms. The molecule has 0 amide bonds. The second kappa shape index (κ2) is 6.81. The zero-order valence-corrected chi connectivity index (χ0v) is 6.09. The Labute approximate surface area is 57.3 Å². The van der Waals surface area contributed by atoms with Gasteiger partial charge in [-0.1, -0.05) is 12.8 Å². The minimum atomic E-state index is 0. The van der Waals surface area contributed by atoms with Crippen molar-refractivity contribution in [3.63, 3.8) is 0 Å². The summed E-state index contributed by atoms with van der Waals surface area (Å²) in [6.07, 6.45) is 5.05. The zero-order valence-electron chi connectivity index (χ0n) is 5.27. The molecule has 0 spiro atoms. The molecule has 0 aromatic rings. The Morgan fingerprint density at radius 2 is 2.25 bits per heavy atom. The van der Waals surface area contributed by atoms with E-state index in [9.17, 15) is 0 Å². The van der Waals surface area contributed by atoms with Gasteiger partial charge in [0.1, 0.15) is 0 Å². The van der Waals surface area contributed by atoms with Crippen LogP contribution in [-0.4, -0.2) is 12.6 Å². The third kappa shape index (κ3) is 5.81. The molecule has 1 N–H and O–H groups in total. The van der Waals surface area contributed by atoms with Gasteiger partial charge in [-0.15, -0.1) is 18.8 Å². The first-order valence-corrected chi connectivity index (χ1v) is 2.50. The Balaban J connectivity index is 0. The van der Waals surface area contributed by atoms with Crippen LogP contribution in [0, 0.1) is 12.3 Å². The van der Waals surface area contributed by atoms with E-state index in [0.717, 1.165) is 6.54 Å². The highest BCUT2D eigenvalue weighted by molar-refractivity contribution is 5.85. The number of rotatable bonds is 2. The lowest BCUT2D eigenvalue weighted by Gasteiger charge is -2.00. The Kier molecular flexibility index (Phi) is 9.13. The monoisotopic (exact) mass is 133 g/mol. The van der Waals surface area contributed by atoms with Gasteiger partial charge in [0.05, 0.1) is 6.04 Å². The van der Waals surface area contributed by atoms with Crippen LogP contribution >= 0.6 is 12.4 Å². The van der Waals surface area contributed by atoms with E-state index in [2.05, 4.69) is 11.2 Å². The average molecular weight is 134 g/mol. The quantitative estimate of drug-likeness (QED) is 0.555. The molecule has 0 aliphatic carbocycles.